The molecule has 0 aromatic heterocycles. The number of benzene rings is 2. The van der Waals surface area contributed by atoms with Gasteiger partial charge < -0.3 is 0 Å². The Morgan fingerprint density at radius 1 is 0.905 bits per heavy atom. The lowest BCUT2D eigenvalue weighted by atomic mass is 9.89. The molecule has 1 saturated carbocycles. The number of alkyl halides is 1. The molecule has 1 fully saturated rings. The van der Waals surface area contributed by atoms with E-state index in [1.165, 1.54) is 24.8 Å². The summed E-state index contributed by atoms with van der Waals surface area (Å²) >= 11 is 3.91. The van der Waals surface area contributed by atoms with Crippen LogP contribution in [0.4, 0.5) is 0 Å². The van der Waals surface area contributed by atoms with Gasteiger partial charge in [0, 0.05) is 16.3 Å². The van der Waals surface area contributed by atoms with Crippen LogP contribution in [-0.2, 0) is 0 Å². The van der Waals surface area contributed by atoms with E-state index < -0.39 is 0 Å². The number of hydrogen-bond acceptors (Lipinski definition) is 0. The predicted octanol–water partition coefficient (Wildman–Crippen LogP) is 5.59. The van der Waals surface area contributed by atoms with Crippen LogP contribution in [0, 0.1) is 23.7 Å². The number of rotatable bonds is 2. The Morgan fingerprint density at radius 3 is 2.29 bits per heavy atom. The molecule has 0 aliphatic heterocycles. The molecule has 2 aromatic rings. The molecule has 0 N–H and O–H groups in total. The van der Waals surface area contributed by atoms with Gasteiger partial charge in [0.1, 0.15) is 0 Å². The van der Waals surface area contributed by atoms with Gasteiger partial charge in [-0.15, -0.1) is 0 Å². The van der Waals surface area contributed by atoms with Gasteiger partial charge in [-0.25, -0.2) is 0 Å². The largest absolute Gasteiger partial charge is 0.0941 e. The lowest BCUT2D eigenvalue weighted by molar-refractivity contribution is 0.465. The van der Waals surface area contributed by atoms with Gasteiger partial charge >= 0.3 is 0 Å². The third-order valence-electron chi connectivity index (χ3n) is 4.24. The molecule has 1 heteroatoms. The van der Waals surface area contributed by atoms with Crippen LogP contribution in [0.5, 0.6) is 0 Å². The third kappa shape index (κ3) is 3.57. The lowest BCUT2D eigenvalue weighted by Gasteiger charge is -2.21. The number of halogens is 1. The lowest BCUT2D eigenvalue weighted by Crippen LogP contribution is -2.12. The smallest absolute Gasteiger partial charge is 0.0435 e. The van der Waals surface area contributed by atoms with Crippen LogP contribution in [0.1, 0.15) is 35.2 Å². The van der Waals surface area contributed by atoms with Crippen molar-refractivity contribution < 1.29 is 0 Å². The van der Waals surface area contributed by atoms with Crippen LogP contribution in [0.2, 0.25) is 0 Å². The van der Waals surface area contributed by atoms with E-state index in [-0.39, 0.29) is 0 Å². The van der Waals surface area contributed by atoms with Crippen LogP contribution in [0.15, 0.2) is 60.7 Å². The zero-order chi connectivity index (χ0) is 14.5. The first kappa shape index (κ1) is 14.4. The van der Waals surface area contributed by atoms with Crippen molar-refractivity contribution in [1.29, 1.82) is 0 Å². The molecule has 0 saturated heterocycles. The van der Waals surface area contributed by atoms with Crippen LogP contribution in [-0.4, -0.2) is 0 Å². The zero-order valence-corrected chi connectivity index (χ0v) is 13.6. The van der Waals surface area contributed by atoms with Gasteiger partial charge in [0.05, 0.1) is 0 Å². The first-order valence-corrected chi connectivity index (χ1v) is 8.52. The second kappa shape index (κ2) is 6.96. The normalized spacial score (nSPS) is 22.3. The van der Waals surface area contributed by atoms with Crippen LogP contribution < -0.4 is 0 Å². The minimum atomic E-state index is 0.413. The molecule has 106 valence electrons. The molecule has 1 aliphatic carbocycles. The van der Waals surface area contributed by atoms with E-state index in [1.807, 2.05) is 18.2 Å². The SMILES string of the molecule is BrC(c1ccccc1)[C@@H]1CCC[C@H]1C#Cc1ccccc1. The van der Waals surface area contributed by atoms with Crippen molar-refractivity contribution in [3.8, 4) is 11.8 Å². The van der Waals surface area contributed by atoms with Gasteiger partial charge in [0.2, 0.25) is 0 Å². The molecule has 0 radical (unpaired) electrons. The highest BCUT2D eigenvalue weighted by atomic mass is 79.9. The molecule has 1 aliphatic rings. The van der Waals surface area contributed by atoms with Crippen LogP contribution >= 0.6 is 15.9 Å². The maximum Gasteiger partial charge on any atom is 0.0435 e. The Labute approximate surface area is 135 Å². The molecule has 3 atom stereocenters. The highest BCUT2D eigenvalue weighted by Crippen LogP contribution is 2.44. The zero-order valence-electron chi connectivity index (χ0n) is 12.0. The fourth-order valence-corrected chi connectivity index (χ4v) is 4.04. The van der Waals surface area contributed by atoms with Crippen molar-refractivity contribution in [2.45, 2.75) is 24.1 Å². The molecule has 0 amide bonds. The molecule has 3 rings (SSSR count). The quantitative estimate of drug-likeness (QED) is 0.494. The average Bonchev–Trinajstić information content (AvgIpc) is 3.02. The van der Waals surface area contributed by atoms with Gasteiger partial charge in [0.15, 0.2) is 0 Å². The van der Waals surface area contributed by atoms with Crippen molar-refractivity contribution in [3.05, 3.63) is 71.8 Å². The second-order valence-corrected chi connectivity index (χ2v) is 6.64. The van der Waals surface area contributed by atoms with Crippen LogP contribution in [0.3, 0.4) is 0 Å². The van der Waals surface area contributed by atoms with E-state index in [9.17, 15) is 0 Å². The predicted molar refractivity (Wildman–Crippen MR) is 92.3 cm³/mol. The highest BCUT2D eigenvalue weighted by molar-refractivity contribution is 9.09. The summed E-state index contributed by atoms with van der Waals surface area (Å²) in [7, 11) is 0. The fourth-order valence-electron chi connectivity index (χ4n) is 3.10. The van der Waals surface area contributed by atoms with Crippen molar-refractivity contribution in [2.24, 2.45) is 11.8 Å². The first-order chi connectivity index (χ1) is 10.3. The van der Waals surface area contributed by atoms with Crippen molar-refractivity contribution in [1.82, 2.24) is 0 Å². The third-order valence-corrected chi connectivity index (χ3v) is 5.45. The Morgan fingerprint density at radius 2 is 1.57 bits per heavy atom. The van der Waals surface area contributed by atoms with E-state index in [2.05, 4.69) is 70.2 Å². The molecular weight excluding hydrogens is 320 g/mol. The van der Waals surface area contributed by atoms with Crippen molar-refractivity contribution in [3.63, 3.8) is 0 Å². The molecular formula is C20H19Br. The molecule has 0 bridgehead atoms. The summed E-state index contributed by atoms with van der Waals surface area (Å²) in [5.41, 5.74) is 2.49. The topological polar surface area (TPSA) is 0 Å². The Kier molecular flexibility index (Phi) is 4.78. The summed E-state index contributed by atoms with van der Waals surface area (Å²) in [4.78, 5) is 0.413. The molecule has 2 aromatic carbocycles. The maximum absolute atomic E-state index is 3.91. The van der Waals surface area contributed by atoms with Gasteiger partial charge in [-0.1, -0.05) is 82.7 Å². The summed E-state index contributed by atoms with van der Waals surface area (Å²) < 4.78 is 0. The first-order valence-electron chi connectivity index (χ1n) is 7.60. The highest BCUT2D eigenvalue weighted by Gasteiger charge is 2.32. The summed E-state index contributed by atoms with van der Waals surface area (Å²) in [5.74, 6) is 7.98. The molecule has 0 spiro atoms. The van der Waals surface area contributed by atoms with E-state index in [1.54, 1.807) is 0 Å². The number of hydrogen-bond donors (Lipinski definition) is 0. The van der Waals surface area contributed by atoms with E-state index in [0.717, 1.165) is 5.56 Å². The van der Waals surface area contributed by atoms with E-state index in [4.69, 9.17) is 0 Å². The monoisotopic (exact) mass is 338 g/mol. The van der Waals surface area contributed by atoms with E-state index >= 15 is 0 Å². The van der Waals surface area contributed by atoms with Crippen molar-refractivity contribution in [2.75, 3.05) is 0 Å². The Bertz CT molecular complexity index is 621. The molecule has 1 unspecified atom stereocenters. The molecule has 0 nitrogen and oxygen atoms in total. The summed E-state index contributed by atoms with van der Waals surface area (Å²) in [5, 5.41) is 0. The summed E-state index contributed by atoms with van der Waals surface area (Å²) in [6.07, 6.45) is 3.77. The average molecular weight is 339 g/mol. The standard InChI is InChI=1S/C20H19Br/c21-20(18-10-5-2-6-11-18)19-13-7-12-17(19)15-14-16-8-3-1-4-9-16/h1-6,8-11,17,19-20H,7,12-13H2/t17-,19+,20?/m0/s1. The second-order valence-electron chi connectivity index (χ2n) is 5.65. The van der Waals surface area contributed by atoms with Gasteiger partial charge in [-0.3, -0.25) is 0 Å². The van der Waals surface area contributed by atoms with Gasteiger partial charge in [0.25, 0.3) is 0 Å². The van der Waals surface area contributed by atoms with Gasteiger partial charge in [-0.2, -0.15) is 0 Å². The minimum absolute atomic E-state index is 0.413. The summed E-state index contributed by atoms with van der Waals surface area (Å²) in [6, 6.07) is 21.0. The Balaban J connectivity index is 1.76. The fraction of sp³-hybridized carbons (Fsp3) is 0.300. The molecule has 0 heterocycles. The van der Waals surface area contributed by atoms with Crippen LogP contribution in [0.25, 0.3) is 0 Å². The minimum Gasteiger partial charge on any atom is -0.0941 e. The Hall–Kier alpha value is -1.52. The maximum atomic E-state index is 3.91. The molecule has 21 heavy (non-hydrogen) atoms. The van der Waals surface area contributed by atoms with E-state index in [0.29, 0.717) is 16.7 Å². The van der Waals surface area contributed by atoms with Crippen molar-refractivity contribution >= 4 is 15.9 Å². The van der Waals surface area contributed by atoms with Gasteiger partial charge in [-0.05, 0) is 36.5 Å². The summed E-state index contributed by atoms with van der Waals surface area (Å²) in [6.45, 7) is 0.